The minimum absolute atomic E-state index is 1.09. The van der Waals surface area contributed by atoms with Crippen LogP contribution >= 0.6 is 0 Å². The van der Waals surface area contributed by atoms with E-state index in [1.54, 1.807) is 0 Å². The van der Waals surface area contributed by atoms with E-state index in [1.807, 2.05) is 13.2 Å². The fraction of sp³-hybridized carbons (Fsp3) is 0.625. The van der Waals surface area contributed by atoms with Gasteiger partial charge in [-0.25, -0.2) is 0 Å². The van der Waals surface area contributed by atoms with Crippen LogP contribution in [-0.2, 0) is 0 Å². The molecule has 0 aromatic carbocycles. The number of likely N-dealkylation sites (tertiary alicyclic amines) is 1. The van der Waals surface area contributed by atoms with Gasteiger partial charge in [-0.2, -0.15) is 0 Å². The van der Waals surface area contributed by atoms with Crippen LogP contribution < -0.4 is 0 Å². The zero-order chi connectivity index (χ0) is 7.40. The number of hydrogen-bond donors (Lipinski definition) is 0. The van der Waals surface area contributed by atoms with Gasteiger partial charge in [0.25, 0.3) is 0 Å². The van der Waals surface area contributed by atoms with Gasteiger partial charge in [-0.3, -0.25) is 4.99 Å². The molecule has 2 nitrogen and oxygen atoms in total. The Labute approximate surface area is 62.3 Å². The third-order valence-corrected chi connectivity index (χ3v) is 1.86. The Morgan fingerprint density at radius 3 is 2.90 bits per heavy atom. The van der Waals surface area contributed by atoms with Crippen LogP contribution in [-0.4, -0.2) is 24.3 Å². The van der Waals surface area contributed by atoms with Crippen molar-refractivity contribution in [2.45, 2.75) is 19.3 Å². The van der Waals surface area contributed by atoms with Crippen LogP contribution in [0.2, 0.25) is 0 Å². The molecule has 0 aliphatic carbocycles. The smallest absolute Gasteiger partial charge is 0.102 e. The molecule has 1 rings (SSSR count). The third kappa shape index (κ3) is 1.38. The Hall–Kier alpha value is -0.790. The maximum Gasteiger partial charge on any atom is 0.102 e. The minimum Gasteiger partial charge on any atom is -0.337 e. The average molecular weight is 138 g/mol. The molecule has 1 fully saturated rings. The first-order chi connectivity index (χ1) is 4.88. The molecule has 0 N–H and O–H groups in total. The minimum atomic E-state index is 1.09. The lowest BCUT2D eigenvalue weighted by Crippen LogP contribution is -2.30. The largest absolute Gasteiger partial charge is 0.337 e. The molecule has 0 amide bonds. The quantitative estimate of drug-likeness (QED) is 0.538. The first-order valence-corrected chi connectivity index (χ1v) is 3.73. The molecule has 0 bridgehead atoms. The van der Waals surface area contributed by atoms with Crippen molar-refractivity contribution in [1.29, 1.82) is 0 Å². The van der Waals surface area contributed by atoms with E-state index in [0.717, 1.165) is 13.0 Å². The number of hydrogen-bond acceptors (Lipinski definition) is 1. The first kappa shape index (κ1) is 7.32. The Kier molecular flexibility index (Phi) is 2.49. The summed E-state index contributed by atoms with van der Waals surface area (Å²) in [6, 6.07) is 0. The molecule has 0 saturated carbocycles. The van der Waals surface area contributed by atoms with Gasteiger partial charge in [0.05, 0.1) is 0 Å². The summed E-state index contributed by atoms with van der Waals surface area (Å²) in [5.41, 5.74) is 0. The maximum absolute atomic E-state index is 4.17. The lowest BCUT2D eigenvalue weighted by molar-refractivity contribution is 0.471. The van der Waals surface area contributed by atoms with Crippen molar-refractivity contribution in [2.24, 2.45) is 4.99 Å². The molecular formula is C8H14N2. The second-order valence-electron chi connectivity index (χ2n) is 2.47. The second kappa shape index (κ2) is 3.40. The highest BCUT2D eigenvalue weighted by atomic mass is 15.2. The summed E-state index contributed by atoms with van der Waals surface area (Å²) in [7, 11) is 1.84. The molecule has 56 valence electrons. The summed E-state index contributed by atoms with van der Waals surface area (Å²) < 4.78 is 0. The molecule has 0 unspecified atom stereocenters. The van der Waals surface area contributed by atoms with Crippen molar-refractivity contribution in [3.63, 3.8) is 0 Å². The SMILES string of the molecule is C=CN1CCCC/C1=N/C. The van der Waals surface area contributed by atoms with E-state index in [-0.39, 0.29) is 0 Å². The van der Waals surface area contributed by atoms with Crippen molar-refractivity contribution in [1.82, 2.24) is 4.90 Å². The summed E-state index contributed by atoms with van der Waals surface area (Å²) in [4.78, 5) is 6.30. The molecule has 2 heteroatoms. The summed E-state index contributed by atoms with van der Waals surface area (Å²) in [5, 5.41) is 0. The molecule has 0 spiro atoms. The van der Waals surface area contributed by atoms with E-state index in [2.05, 4.69) is 16.5 Å². The fourth-order valence-corrected chi connectivity index (χ4v) is 1.27. The third-order valence-electron chi connectivity index (χ3n) is 1.86. The van der Waals surface area contributed by atoms with E-state index < -0.39 is 0 Å². The Bertz CT molecular complexity index is 149. The molecule has 1 aliphatic heterocycles. The molecule has 0 aromatic rings. The molecule has 10 heavy (non-hydrogen) atoms. The number of piperidine rings is 1. The molecule has 1 aliphatic rings. The second-order valence-corrected chi connectivity index (χ2v) is 2.47. The molecule has 1 saturated heterocycles. The molecular weight excluding hydrogens is 124 g/mol. The monoisotopic (exact) mass is 138 g/mol. The van der Waals surface area contributed by atoms with Crippen molar-refractivity contribution >= 4 is 5.84 Å². The van der Waals surface area contributed by atoms with E-state index >= 15 is 0 Å². The van der Waals surface area contributed by atoms with Crippen LogP contribution in [0.15, 0.2) is 17.8 Å². The van der Waals surface area contributed by atoms with E-state index in [4.69, 9.17) is 0 Å². The Balaban J connectivity index is 2.59. The van der Waals surface area contributed by atoms with Gasteiger partial charge in [-0.15, -0.1) is 0 Å². The van der Waals surface area contributed by atoms with Crippen molar-refractivity contribution < 1.29 is 0 Å². The van der Waals surface area contributed by atoms with Crippen LogP contribution in [0.25, 0.3) is 0 Å². The normalized spacial score (nSPS) is 23.3. The van der Waals surface area contributed by atoms with Gasteiger partial charge in [-0.1, -0.05) is 6.58 Å². The number of rotatable bonds is 1. The van der Waals surface area contributed by atoms with Gasteiger partial charge >= 0.3 is 0 Å². The van der Waals surface area contributed by atoms with Crippen LogP contribution in [0.4, 0.5) is 0 Å². The molecule has 0 radical (unpaired) electrons. The highest BCUT2D eigenvalue weighted by molar-refractivity contribution is 5.83. The standard InChI is InChI=1S/C8H14N2/c1-3-10-7-5-4-6-8(10)9-2/h3H,1,4-7H2,2H3/b9-8-. The van der Waals surface area contributed by atoms with Gasteiger partial charge in [0.15, 0.2) is 0 Å². The van der Waals surface area contributed by atoms with Crippen LogP contribution in [0, 0.1) is 0 Å². The summed E-state index contributed by atoms with van der Waals surface area (Å²) in [6.45, 7) is 4.82. The molecule has 0 aromatic heterocycles. The van der Waals surface area contributed by atoms with Crippen LogP contribution in [0.3, 0.4) is 0 Å². The van der Waals surface area contributed by atoms with Crippen molar-refractivity contribution in [3.05, 3.63) is 12.8 Å². The number of amidine groups is 1. The molecule has 1 heterocycles. The highest BCUT2D eigenvalue weighted by Gasteiger charge is 2.11. The lowest BCUT2D eigenvalue weighted by atomic mass is 10.1. The zero-order valence-corrected chi connectivity index (χ0v) is 6.51. The van der Waals surface area contributed by atoms with Crippen molar-refractivity contribution in [3.8, 4) is 0 Å². The van der Waals surface area contributed by atoms with Crippen molar-refractivity contribution in [2.75, 3.05) is 13.6 Å². The van der Waals surface area contributed by atoms with E-state index in [1.165, 1.54) is 18.7 Å². The van der Waals surface area contributed by atoms with Crippen LogP contribution in [0.1, 0.15) is 19.3 Å². The van der Waals surface area contributed by atoms with Crippen LogP contribution in [0.5, 0.6) is 0 Å². The van der Waals surface area contributed by atoms with E-state index in [0.29, 0.717) is 0 Å². The van der Waals surface area contributed by atoms with Gasteiger partial charge in [0.2, 0.25) is 0 Å². The predicted octanol–water partition coefficient (Wildman–Crippen LogP) is 1.64. The number of nitrogens with zero attached hydrogens (tertiary/aromatic N) is 2. The Morgan fingerprint density at radius 1 is 1.60 bits per heavy atom. The summed E-state index contributed by atoms with van der Waals surface area (Å²) in [5.74, 6) is 1.18. The van der Waals surface area contributed by atoms with Gasteiger partial charge in [-0.05, 0) is 19.0 Å². The first-order valence-electron chi connectivity index (χ1n) is 3.73. The highest BCUT2D eigenvalue weighted by Crippen LogP contribution is 2.11. The van der Waals surface area contributed by atoms with Gasteiger partial charge in [0, 0.05) is 20.0 Å². The topological polar surface area (TPSA) is 15.6 Å². The van der Waals surface area contributed by atoms with Gasteiger partial charge < -0.3 is 4.90 Å². The fourth-order valence-electron chi connectivity index (χ4n) is 1.27. The zero-order valence-electron chi connectivity index (χ0n) is 6.51. The number of aliphatic imine (C=N–C) groups is 1. The Morgan fingerprint density at radius 2 is 2.40 bits per heavy atom. The summed E-state index contributed by atoms with van der Waals surface area (Å²) in [6.07, 6.45) is 5.52. The van der Waals surface area contributed by atoms with Gasteiger partial charge in [0.1, 0.15) is 5.84 Å². The average Bonchev–Trinajstić information content (AvgIpc) is 2.04. The van der Waals surface area contributed by atoms with E-state index in [9.17, 15) is 0 Å². The predicted molar refractivity (Wildman–Crippen MR) is 44.1 cm³/mol. The molecule has 0 atom stereocenters. The summed E-state index contributed by atoms with van der Waals surface area (Å²) >= 11 is 0. The maximum atomic E-state index is 4.17. The lowest BCUT2D eigenvalue weighted by Gasteiger charge is -2.26.